The second kappa shape index (κ2) is 6.23. The largest absolute Gasteiger partial charge is 0.330 e. The smallest absolute Gasteiger partial charge is 0.0843 e. The fourth-order valence-electron chi connectivity index (χ4n) is 1.20. The van der Waals surface area contributed by atoms with Gasteiger partial charge in [0.05, 0.1) is 3.79 Å². The van der Waals surface area contributed by atoms with E-state index in [1.165, 1.54) is 4.88 Å². The summed E-state index contributed by atoms with van der Waals surface area (Å²) in [5.41, 5.74) is 11.5. The van der Waals surface area contributed by atoms with Gasteiger partial charge in [0.15, 0.2) is 0 Å². The van der Waals surface area contributed by atoms with Crippen molar-refractivity contribution in [1.29, 1.82) is 0 Å². The van der Waals surface area contributed by atoms with Crippen molar-refractivity contribution in [2.24, 2.45) is 11.5 Å². The van der Waals surface area contributed by atoms with Crippen LogP contribution >= 0.6 is 43.2 Å². The molecule has 0 aliphatic rings. The molecule has 0 radical (unpaired) electrons. The van der Waals surface area contributed by atoms with Gasteiger partial charge in [-0.15, -0.1) is 11.3 Å². The van der Waals surface area contributed by atoms with Crippen LogP contribution in [-0.2, 0) is 0 Å². The first-order chi connectivity index (χ1) is 6.65. The predicted octanol–water partition coefficient (Wildman–Crippen LogP) is 3.40. The first kappa shape index (κ1) is 12.6. The Bertz CT molecular complexity index is 269. The lowest BCUT2D eigenvalue weighted by molar-refractivity contribution is 0.598. The van der Waals surface area contributed by atoms with Crippen molar-refractivity contribution in [3.05, 3.63) is 19.2 Å². The molecule has 0 saturated heterocycles. The molecule has 0 fully saturated rings. The fraction of sp³-hybridized carbons (Fsp3) is 0.556. The van der Waals surface area contributed by atoms with Crippen LogP contribution in [0.2, 0.25) is 0 Å². The maximum atomic E-state index is 6.05. The molecular weight excluding hydrogens is 328 g/mol. The van der Waals surface area contributed by atoms with E-state index in [0.29, 0.717) is 0 Å². The van der Waals surface area contributed by atoms with E-state index in [9.17, 15) is 0 Å². The number of halogens is 2. The minimum absolute atomic E-state index is 0.147. The normalized spacial score (nSPS) is 13.1. The molecule has 1 aromatic heterocycles. The number of nitrogens with two attached hydrogens (primary N) is 2. The van der Waals surface area contributed by atoms with Gasteiger partial charge in [-0.3, -0.25) is 0 Å². The van der Waals surface area contributed by atoms with Crippen LogP contribution in [-0.4, -0.2) is 6.54 Å². The minimum Gasteiger partial charge on any atom is -0.330 e. The molecule has 0 unspecified atom stereocenters. The van der Waals surface area contributed by atoms with Gasteiger partial charge in [0.1, 0.15) is 0 Å². The predicted molar refractivity (Wildman–Crippen MR) is 69.6 cm³/mol. The van der Waals surface area contributed by atoms with E-state index in [1.54, 1.807) is 11.3 Å². The number of hydrogen-bond acceptors (Lipinski definition) is 3. The van der Waals surface area contributed by atoms with E-state index < -0.39 is 0 Å². The van der Waals surface area contributed by atoms with Crippen LogP contribution in [0.5, 0.6) is 0 Å². The van der Waals surface area contributed by atoms with Gasteiger partial charge < -0.3 is 11.5 Å². The van der Waals surface area contributed by atoms with Gasteiger partial charge in [0.25, 0.3) is 0 Å². The van der Waals surface area contributed by atoms with Crippen molar-refractivity contribution in [1.82, 2.24) is 0 Å². The Morgan fingerprint density at radius 2 is 2.07 bits per heavy atom. The van der Waals surface area contributed by atoms with E-state index >= 15 is 0 Å². The lowest BCUT2D eigenvalue weighted by Crippen LogP contribution is -2.09. The van der Waals surface area contributed by atoms with Gasteiger partial charge in [0, 0.05) is 15.4 Å². The van der Waals surface area contributed by atoms with Gasteiger partial charge in [-0.25, -0.2) is 0 Å². The molecule has 1 heterocycles. The third-order valence-corrected chi connectivity index (χ3v) is 5.39. The van der Waals surface area contributed by atoms with Crippen molar-refractivity contribution >= 4 is 43.2 Å². The first-order valence-corrected chi connectivity index (χ1v) is 6.95. The average molecular weight is 342 g/mol. The number of rotatable bonds is 5. The summed E-state index contributed by atoms with van der Waals surface area (Å²) in [6.45, 7) is 0.755. The molecule has 0 bridgehead atoms. The highest BCUT2D eigenvalue weighted by Crippen LogP contribution is 2.35. The van der Waals surface area contributed by atoms with E-state index in [4.69, 9.17) is 11.5 Å². The Morgan fingerprint density at radius 1 is 1.36 bits per heavy atom. The molecule has 4 N–H and O–H groups in total. The molecule has 1 aromatic rings. The molecule has 14 heavy (non-hydrogen) atoms. The van der Waals surface area contributed by atoms with Crippen molar-refractivity contribution in [2.75, 3.05) is 6.54 Å². The Labute approximate surface area is 105 Å². The molecule has 0 amide bonds. The maximum Gasteiger partial charge on any atom is 0.0843 e. The fourth-order valence-corrected chi connectivity index (χ4v) is 3.32. The van der Waals surface area contributed by atoms with Crippen LogP contribution in [0.25, 0.3) is 0 Å². The lowest BCUT2D eigenvalue weighted by atomic mass is 10.1. The van der Waals surface area contributed by atoms with Crippen LogP contribution in [0, 0.1) is 0 Å². The van der Waals surface area contributed by atoms with Gasteiger partial charge in [-0.05, 0) is 57.3 Å². The lowest BCUT2D eigenvalue weighted by Gasteiger charge is -2.07. The van der Waals surface area contributed by atoms with E-state index in [0.717, 1.165) is 34.1 Å². The zero-order valence-corrected chi connectivity index (χ0v) is 11.8. The summed E-state index contributed by atoms with van der Waals surface area (Å²) in [5, 5.41) is 0. The number of unbranched alkanes of at least 4 members (excludes halogenated alkanes) is 1. The van der Waals surface area contributed by atoms with Crippen molar-refractivity contribution in [2.45, 2.75) is 25.3 Å². The van der Waals surface area contributed by atoms with Crippen LogP contribution in [0.3, 0.4) is 0 Å². The SMILES string of the molecule is NCCCC[C@H](N)c1cc(Br)c(Br)s1. The third kappa shape index (κ3) is 3.62. The first-order valence-electron chi connectivity index (χ1n) is 4.55. The summed E-state index contributed by atoms with van der Waals surface area (Å²) in [4.78, 5) is 1.22. The van der Waals surface area contributed by atoms with Gasteiger partial charge in [-0.2, -0.15) is 0 Å². The minimum atomic E-state index is 0.147. The highest BCUT2D eigenvalue weighted by Gasteiger charge is 2.11. The molecule has 0 aliphatic carbocycles. The molecular formula is C9H14Br2N2S. The third-order valence-electron chi connectivity index (χ3n) is 2.00. The number of hydrogen-bond donors (Lipinski definition) is 2. The van der Waals surface area contributed by atoms with E-state index in [1.807, 2.05) is 0 Å². The number of thiophene rings is 1. The molecule has 0 spiro atoms. The quantitative estimate of drug-likeness (QED) is 0.806. The Morgan fingerprint density at radius 3 is 2.57 bits per heavy atom. The second-order valence-electron chi connectivity index (χ2n) is 3.16. The van der Waals surface area contributed by atoms with Crippen molar-refractivity contribution < 1.29 is 0 Å². The monoisotopic (exact) mass is 340 g/mol. The molecule has 2 nitrogen and oxygen atoms in total. The van der Waals surface area contributed by atoms with Crippen LogP contribution < -0.4 is 11.5 Å². The molecule has 0 aromatic carbocycles. The summed E-state index contributed by atoms with van der Waals surface area (Å²) in [6.07, 6.45) is 3.17. The second-order valence-corrected chi connectivity index (χ2v) is 6.42. The summed E-state index contributed by atoms with van der Waals surface area (Å²) in [5.74, 6) is 0. The molecule has 80 valence electrons. The van der Waals surface area contributed by atoms with Crippen LogP contribution in [0.15, 0.2) is 14.3 Å². The molecule has 0 aliphatic heterocycles. The summed E-state index contributed by atoms with van der Waals surface area (Å²) in [7, 11) is 0. The molecule has 1 atom stereocenters. The van der Waals surface area contributed by atoms with Gasteiger partial charge in [-0.1, -0.05) is 6.42 Å². The molecule has 5 heteroatoms. The summed E-state index contributed by atoms with van der Waals surface area (Å²) < 4.78 is 2.20. The van der Waals surface area contributed by atoms with E-state index in [-0.39, 0.29) is 6.04 Å². The summed E-state index contributed by atoms with van der Waals surface area (Å²) in [6, 6.07) is 2.23. The van der Waals surface area contributed by atoms with Crippen LogP contribution in [0.1, 0.15) is 30.2 Å². The Hall–Kier alpha value is 0.580. The summed E-state index contributed by atoms with van der Waals surface area (Å²) >= 11 is 8.61. The van der Waals surface area contributed by atoms with Crippen LogP contribution in [0.4, 0.5) is 0 Å². The topological polar surface area (TPSA) is 52.0 Å². The zero-order chi connectivity index (χ0) is 10.6. The van der Waals surface area contributed by atoms with Crippen molar-refractivity contribution in [3.63, 3.8) is 0 Å². The van der Waals surface area contributed by atoms with Crippen molar-refractivity contribution in [3.8, 4) is 0 Å². The standard InChI is InChI=1S/C9H14Br2N2S/c10-6-5-8(14-9(6)11)7(13)3-1-2-4-12/h5,7H,1-4,12-13H2/t7-/m0/s1. The zero-order valence-electron chi connectivity index (χ0n) is 7.80. The van der Waals surface area contributed by atoms with Gasteiger partial charge >= 0.3 is 0 Å². The Kier molecular flexibility index (Phi) is 5.62. The average Bonchev–Trinajstić information content (AvgIpc) is 2.47. The maximum absolute atomic E-state index is 6.05. The van der Waals surface area contributed by atoms with Gasteiger partial charge in [0.2, 0.25) is 0 Å². The Balaban J connectivity index is 2.47. The van der Waals surface area contributed by atoms with E-state index in [2.05, 4.69) is 37.9 Å². The highest BCUT2D eigenvalue weighted by molar-refractivity contribution is 9.13. The molecule has 1 rings (SSSR count). The molecule has 0 saturated carbocycles. The highest BCUT2D eigenvalue weighted by atomic mass is 79.9.